The van der Waals surface area contributed by atoms with Gasteiger partial charge in [-0.1, -0.05) is 0 Å². The molecule has 0 bridgehead atoms. The fourth-order valence-corrected chi connectivity index (χ4v) is 3.76. The lowest BCUT2D eigenvalue weighted by molar-refractivity contribution is -0.139. The largest absolute Gasteiger partial charge is 0.465 e. The molecule has 2 N–H and O–H groups in total. The molecule has 0 aromatic rings. The highest BCUT2D eigenvalue weighted by molar-refractivity contribution is 7.92. The van der Waals surface area contributed by atoms with E-state index >= 15 is 0 Å². The Morgan fingerprint density at radius 1 is 1.44 bits per heavy atom. The monoisotopic (exact) mass is 249 g/mol. The molecule has 6 heteroatoms. The van der Waals surface area contributed by atoms with E-state index in [9.17, 15) is 13.2 Å². The standard InChI is InChI=1S/C10H19NO4S/c1-2-15-9(12)7-16(13,14)8-10(3-4-10)5-6-11/h2-8,11H2,1H3. The van der Waals surface area contributed by atoms with E-state index in [0.717, 1.165) is 19.3 Å². The molecule has 0 amide bonds. The van der Waals surface area contributed by atoms with Gasteiger partial charge in [0.1, 0.15) is 5.75 Å². The van der Waals surface area contributed by atoms with Crippen LogP contribution in [-0.2, 0) is 19.4 Å². The zero-order valence-corrected chi connectivity index (χ0v) is 10.4. The number of carbonyl (C=O) groups excluding carboxylic acids is 1. The van der Waals surface area contributed by atoms with Crippen LogP contribution in [0.3, 0.4) is 0 Å². The maximum Gasteiger partial charge on any atom is 0.321 e. The van der Waals surface area contributed by atoms with Crippen LogP contribution in [0.2, 0.25) is 0 Å². The number of carbonyl (C=O) groups is 1. The van der Waals surface area contributed by atoms with Crippen molar-refractivity contribution in [3.63, 3.8) is 0 Å². The van der Waals surface area contributed by atoms with E-state index in [1.165, 1.54) is 0 Å². The second kappa shape index (κ2) is 5.14. The number of sulfone groups is 1. The van der Waals surface area contributed by atoms with E-state index in [-0.39, 0.29) is 17.8 Å². The lowest BCUT2D eigenvalue weighted by Gasteiger charge is -2.13. The van der Waals surface area contributed by atoms with E-state index < -0.39 is 21.6 Å². The van der Waals surface area contributed by atoms with Crippen molar-refractivity contribution in [2.75, 3.05) is 24.7 Å². The lowest BCUT2D eigenvalue weighted by atomic mass is 10.1. The smallest absolute Gasteiger partial charge is 0.321 e. The molecule has 1 aliphatic rings. The van der Waals surface area contributed by atoms with Crippen LogP contribution in [-0.4, -0.2) is 39.0 Å². The van der Waals surface area contributed by atoms with Crippen molar-refractivity contribution >= 4 is 15.8 Å². The minimum Gasteiger partial charge on any atom is -0.465 e. The van der Waals surface area contributed by atoms with E-state index in [1.807, 2.05) is 0 Å². The van der Waals surface area contributed by atoms with Gasteiger partial charge in [-0.05, 0) is 38.1 Å². The molecule has 16 heavy (non-hydrogen) atoms. The van der Waals surface area contributed by atoms with Crippen molar-refractivity contribution in [2.24, 2.45) is 11.1 Å². The summed E-state index contributed by atoms with van der Waals surface area (Å²) in [7, 11) is -3.35. The molecule has 1 saturated carbocycles. The van der Waals surface area contributed by atoms with Gasteiger partial charge < -0.3 is 10.5 Å². The SMILES string of the molecule is CCOC(=O)CS(=O)(=O)CC1(CCN)CC1. The van der Waals surface area contributed by atoms with E-state index in [4.69, 9.17) is 5.73 Å². The van der Waals surface area contributed by atoms with Crippen LogP contribution in [0.4, 0.5) is 0 Å². The van der Waals surface area contributed by atoms with Crippen molar-refractivity contribution in [1.82, 2.24) is 0 Å². The highest BCUT2D eigenvalue weighted by Gasteiger charge is 2.45. The van der Waals surface area contributed by atoms with Gasteiger partial charge in [0, 0.05) is 0 Å². The summed E-state index contributed by atoms with van der Waals surface area (Å²) in [5.41, 5.74) is 5.28. The summed E-state index contributed by atoms with van der Waals surface area (Å²) < 4.78 is 28.0. The highest BCUT2D eigenvalue weighted by atomic mass is 32.2. The van der Waals surface area contributed by atoms with Gasteiger partial charge in [0.25, 0.3) is 0 Å². The maximum absolute atomic E-state index is 11.7. The molecular weight excluding hydrogens is 230 g/mol. The van der Waals surface area contributed by atoms with Gasteiger partial charge in [0.05, 0.1) is 12.4 Å². The number of hydrogen-bond acceptors (Lipinski definition) is 5. The lowest BCUT2D eigenvalue weighted by Crippen LogP contribution is -2.26. The van der Waals surface area contributed by atoms with Gasteiger partial charge in [-0.25, -0.2) is 8.42 Å². The van der Waals surface area contributed by atoms with Crippen LogP contribution in [0, 0.1) is 5.41 Å². The van der Waals surface area contributed by atoms with Crippen molar-refractivity contribution in [3.8, 4) is 0 Å². The van der Waals surface area contributed by atoms with Crippen LogP contribution >= 0.6 is 0 Å². The fraction of sp³-hybridized carbons (Fsp3) is 0.900. The van der Waals surface area contributed by atoms with Crippen molar-refractivity contribution in [1.29, 1.82) is 0 Å². The molecule has 1 fully saturated rings. The molecular formula is C10H19NO4S. The Kier molecular flexibility index (Phi) is 4.32. The third-order valence-corrected chi connectivity index (χ3v) is 4.53. The number of nitrogens with two attached hydrogens (primary N) is 1. The van der Waals surface area contributed by atoms with Crippen molar-refractivity contribution in [3.05, 3.63) is 0 Å². The number of rotatable bonds is 7. The predicted molar refractivity (Wildman–Crippen MR) is 60.6 cm³/mol. The third-order valence-electron chi connectivity index (χ3n) is 2.80. The van der Waals surface area contributed by atoms with Gasteiger partial charge in [-0.15, -0.1) is 0 Å². The van der Waals surface area contributed by atoms with Crippen LogP contribution in [0.1, 0.15) is 26.2 Å². The summed E-state index contributed by atoms with van der Waals surface area (Å²) in [6.45, 7) is 2.36. The fourth-order valence-electron chi connectivity index (χ4n) is 1.85. The molecule has 0 aromatic carbocycles. The maximum atomic E-state index is 11.7. The zero-order valence-electron chi connectivity index (χ0n) is 9.57. The quantitative estimate of drug-likeness (QED) is 0.646. The Morgan fingerprint density at radius 2 is 2.06 bits per heavy atom. The molecule has 1 rings (SSSR count). The van der Waals surface area contributed by atoms with Crippen LogP contribution in [0.15, 0.2) is 0 Å². The first kappa shape index (κ1) is 13.4. The molecule has 1 aliphatic carbocycles. The van der Waals surface area contributed by atoms with Crippen LogP contribution < -0.4 is 5.73 Å². The normalized spacial score (nSPS) is 18.1. The van der Waals surface area contributed by atoms with Crippen molar-refractivity contribution in [2.45, 2.75) is 26.2 Å². The minimum absolute atomic E-state index is 0.0655. The zero-order chi connectivity index (χ0) is 12.2. The third kappa shape index (κ3) is 4.09. The summed E-state index contributed by atoms with van der Waals surface area (Å²) >= 11 is 0. The second-order valence-corrected chi connectivity index (χ2v) is 6.44. The topological polar surface area (TPSA) is 86.5 Å². The van der Waals surface area contributed by atoms with Gasteiger partial charge in [0.15, 0.2) is 9.84 Å². The number of ether oxygens (including phenoxy) is 1. The molecule has 0 heterocycles. The average Bonchev–Trinajstić information content (AvgIpc) is 2.83. The van der Waals surface area contributed by atoms with E-state index in [1.54, 1.807) is 6.92 Å². The molecule has 0 unspecified atom stereocenters. The van der Waals surface area contributed by atoms with Crippen LogP contribution in [0.5, 0.6) is 0 Å². The Labute approximate surface area is 96.3 Å². The van der Waals surface area contributed by atoms with Gasteiger partial charge in [0.2, 0.25) is 0 Å². The molecule has 0 aromatic heterocycles. The second-order valence-electron chi connectivity index (χ2n) is 4.38. The molecule has 0 saturated heterocycles. The molecule has 0 atom stereocenters. The Morgan fingerprint density at radius 3 is 2.50 bits per heavy atom. The van der Waals surface area contributed by atoms with E-state index in [2.05, 4.69) is 4.74 Å². The molecule has 0 aliphatic heterocycles. The van der Waals surface area contributed by atoms with Gasteiger partial charge in [-0.3, -0.25) is 4.79 Å². The molecule has 94 valence electrons. The Bertz CT molecular complexity index is 346. The molecule has 0 radical (unpaired) electrons. The molecule has 5 nitrogen and oxygen atoms in total. The van der Waals surface area contributed by atoms with Gasteiger partial charge >= 0.3 is 5.97 Å². The predicted octanol–water partition coefficient (Wildman–Crippen LogP) is 0.0933. The first-order valence-corrected chi connectivity index (χ1v) is 7.31. The number of hydrogen-bond donors (Lipinski definition) is 1. The minimum atomic E-state index is -3.35. The Balaban J connectivity index is 2.49. The molecule has 0 spiro atoms. The van der Waals surface area contributed by atoms with Gasteiger partial charge in [-0.2, -0.15) is 0 Å². The van der Waals surface area contributed by atoms with Crippen molar-refractivity contribution < 1.29 is 17.9 Å². The summed E-state index contributed by atoms with van der Waals surface area (Å²) in [5.74, 6) is -1.10. The highest BCUT2D eigenvalue weighted by Crippen LogP contribution is 2.49. The number of esters is 1. The summed E-state index contributed by atoms with van der Waals surface area (Å²) in [4.78, 5) is 11.1. The first-order valence-electron chi connectivity index (χ1n) is 5.49. The summed E-state index contributed by atoms with van der Waals surface area (Å²) in [6, 6.07) is 0. The van der Waals surface area contributed by atoms with E-state index in [0.29, 0.717) is 6.54 Å². The average molecular weight is 249 g/mol. The first-order chi connectivity index (χ1) is 7.43. The summed E-state index contributed by atoms with van der Waals surface area (Å²) in [6.07, 6.45) is 2.51. The Hall–Kier alpha value is -0.620. The summed E-state index contributed by atoms with van der Waals surface area (Å²) in [5, 5.41) is 0. The van der Waals surface area contributed by atoms with Crippen LogP contribution in [0.25, 0.3) is 0 Å².